The SMILES string of the molecule is O=[N+]([O-])c1ccc(-[n+]2ccc(-c3ccc4ccccc4c3)cc2)c([N+](=O)[O-])c1. The van der Waals surface area contributed by atoms with E-state index in [1.54, 1.807) is 17.0 Å². The first kappa shape index (κ1) is 17.3. The molecule has 3 aromatic carbocycles. The third-order valence-corrected chi connectivity index (χ3v) is 4.56. The van der Waals surface area contributed by atoms with E-state index in [-0.39, 0.29) is 17.1 Å². The average Bonchev–Trinajstić information content (AvgIpc) is 2.73. The second-order valence-electron chi connectivity index (χ2n) is 6.24. The first-order valence-corrected chi connectivity index (χ1v) is 8.46. The van der Waals surface area contributed by atoms with Crippen LogP contribution in [-0.2, 0) is 0 Å². The maximum Gasteiger partial charge on any atom is 0.347 e. The second-order valence-corrected chi connectivity index (χ2v) is 6.24. The highest BCUT2D eigenvalue weighted by atomic mass is 16.6. The van der Waals surface area contributed by atoms with Gasteiger partial charge in [0.25, 0.3) is 11.4 Å². The molecule has 0 aliphatic carbocycles. The molecule has 7 nitrogen and oxygen atoms in total. The number of pyridine rings is 1. The molecule has 4 aromatic rings. The van der Waals surface area contributed by atoms with E-state index in [1.165, 1.54) is 12.1 Å². The second kappa shape index (κ2) is 6.88. The highest BCUT2D eigenvalue weighted by Crippen LogP contribution is 2.26. The summed E-state index contributed by atoms with van der Waals surface area (Å²) in [6, 6.07) is 21.5. The topological polar surface area (TPSA) is 90.2 Å². The van der Waals surface area contributed by atoms with E-state index in [0.717, 1.165) is 28.0 Å². The summed E-state index contributed by atoms with van der Waals surface area (Å²) in [6.45, 7) is 0. The van der Waals surface area contributed by atoms with Crippen molar-refractivity contribution >= 4 is 22.1 Å². The Hall–Kier alpha value is -4.13. The van der Waals surface area contributed by atoms with Gasteiger partial charge < -0.3 is 0 Å². The Morgan fingerprint density at radius 2 is 1.39 bits per heavy atom. The number of hydrogen-bond donors (Lipinski definition) is 0. The molecule has 1 heterocycles. The van der Waals surface area contributed by atoms with Crippen LogP contribution < -0.4 is 4.57 Å². The van der Waals surface area contributed by atoms with Crippen molar-refractivity contribution < 1.29 is 14.4 Å². The van der Waals surface area contributed by atoms with E-state index in [9.17, 15) is 20.2 Å². The Morgan fingerprint density at radius 3 is 2.07 bits per heavy atom. The fraction of sp³-hybridized carbons (Fsp3) is 0. The van der Waals surface area contributed by atoms with Gasteiger partial charge in [0.1, 0.15) is 6.07 Å². The van der Waals surface area contributed by atoms with Crippen molar-refractivity contribution in [2.24, 2.45) is 0 Å². The molecule has 7 heteroatoms. The van der Waals surface area contributed by atoms with Crippen molar-refractivity contribution in [2.45, 2.75) is 0 Å². The Labute approximate surface area is 159 Å². The summed E-state index contributed by atoms with van der Waals surface area (Å²) in [6.07, 6.45) is 3.41. The van der Waals surface area contributed by atoms with Gasteiger partial charge in [0.2, 0.25) is 0 Å². The van der Waals surface area contributed by atoms with Crippen LogP contribution in [0.3, 0.4) is 0 Å². The van der Waals surface area contributed by atoms with Gasteiger partial charge in [-0.1, -0.05) is 36.4 Å². The lowest BCUT2D eigenvalue weighted by atomic mass is 10.0. The molecule has 0 N–H and O–H groups in total. The summed E-state index contributed by atoms with van der Waals surface area (Å²) in [4.78, 5) is 21.0. The third-order valence-electron chi connectivity index (χ3n) is 4.56. The van der Waals surface area contributed by atoms with Crippen LogP contribution in [-0.4, -0.2) is 9.85 Å². The fourth-order valence-electron chi connectivity index (χ4n) is 3.14. The standard InChI is InChI=1S/C21H14N3O4/c25-23(26)19-7-8-20(21(14-19)24(27)28)22-11-9-16(10-12-22)18-6-5-15-3-1-2-4-17(15)13-18/h1-14H/q+1. The zero-order valence-corrected chi connectivity index (χ0v) is 14.6. The van der Waals surface area contributed by atoms with Crippen LogP contribution in [0.25, 0.3) is 27.6 Å². The molecule has 0 unspecified atom stereocenters. The zero-order valence-electron chi connectivity index (χ0n) is 14.6. The van der Waals surface area contributed by atoms with Gasteiger partial charge in [-0.2, -0.15) is 4.57 Å². The van der Waals surface area contributed by atoms with Gasteiger partial charge in [0.05, 0.1) is 9.85 Å². The first-order valence-electron chi connectivity index (χ1n) is 8.46. The zero-order chi connectivity index (χ0) is 19.7. The number of hydrogen-bond acceptors (Lipinski definition) is 4. The van der Waals surface area contributed by atoms with Crippen molar-refractivity contribution in [2.75, 3.05) is 0 Å². The summed E-state index contributed by atoms with van der Waals surface area (Å²) < 4.78 is 1.58. The van der Waals surface area contributed by atoms with Gasteiger partial charge in [-0.3, -0.25) is 20.2 Å². The van der Waals surface area contributed by atoms with E-state index >= 15 is 0 Å². The number of aromatic nitrogens is 1. The highest BCUT2D eigenvalue weighted by Gasteiger charge is 2.26. The quantitative estimate of drug-likeness (QED) is 0.297. The molecule has 4 rings (SSSR count). The molecule has 0 saturated heterocycles. The van der Waals surface area contributed by atoms with Crippen LogP contribution in [0.15, 0.2) is 85.2 Å². The molecule has 0 fully saturated rings. The predicted molar refractivity (Wildman–Crippen MR) is 104 cm³/mol. The van der Waals surface area contributed by atoms with Gasteiger partial charge in [-0.05, 0) is 28.0 Å². The van der Waals surface area contributed by atoms with Crippen molar-refractivity contribution in [3.05, 3.63) is 105 Å². The number of rotatable bonds is 4. The van der Waals surface area contributed by atoms with Gasteiger partial charge in [0, 0.05) is 24.3 Å². The molecular formula is C21H14N3O4+. The number of fused-ring (bicyclic) bond motifs is 1. The molecule has 0 radical (unpaired) electrons. The number of nitrogens with zero attached hydrogens (tertiary/aromatic N) is 3. The van der Waals surface area contributed by atoms with Crippen LogP contribution in [0.5, 0.6) is 0 Å². The Balaban J connectivity index is 1.73. The molecule has 136 valence electrons. The maximum atomic E-state index is 11.4. The molecule has 1 aromatic heterocycles. The predicted octanol–water partition coefficient (Wildman–Crippen LogP) is 4.60. The molecule has 0 aliphatic rings. The maximum absolute atomic E-state index is 11.4. The molecule has 28 heavy (non-hydrogen) atoms. The molecule has 0 saturated carbocycles. The average molecular weight is 372 g/mol. The van der Waals surface area contributed by atoms with Crippen molar-refractivity contribution in [3.63, 3.8) is 0 Å². The molecule has 0 atom stereocenters. The molecule has 0 bridgehead atoms. The highest BCUT2D eigenvalue weighted by molar-refractivity contribution is 5.87. The van der Waals surface area contributed by atoms with Crippen LogP contribution in [0.2, 0.25) is 0 Å². The first-order chi connectivity index (χ1) is 13.5. The molecule has 0 amide bonds. The lowest BCUT2D eigenvalue weighted by molar-refractivity contribution is -0.600. The van der Waals surface area contributed by atoms with Crippen molar-refractivity contribution in [1.29, 1.82) is 0 Å². The van der Waals surface area contributed by atoms with Crippen LogP contribution in [0.1, 0.15) is 0 Å². The van der Waals surface area contributed by atoms with Crippen LogP contribution >= 0.6 is 0 Å². The largest absolute Gasteiger partial charge is 0.347 e. The van der Waals surface area contributed by atoms with Crippen LogP contribution in [0.4, 0.5) is 11.4 Å². The van der Waals surface area contributed by atoms with E-state index in [1.807, 2.05) is 48.5 Å². The lowest BCUT2D eigenvalue weighted by Gasteiger charge is -2.04. The summed E-state index contributed by atoms with van der Waals surface area (Å²) in [7, 11) is 0. The Morgan fingerprint density at radius 1 is 0.679 bits per heavy atom. The molecule has 0 aliphatic heterocycles. The number of non-ortho nitro benzene ring substituents is 1. The normalized spacial score (nSPS) is 10.7. The van der Waals surface area contributed by atoms with E-state index < -0.39 is 9.85 Å². The molecular weight excluding hydrogens is 358 g/mol. The van der Waals surface area contributed by atoms with Gasteiger partial charge in [-0.15, -0.1) is 0 Å². The van der Waals surface area contributed by atoms with Gasteiger partial charge in [0.15, 0.2) is 12.4 Å². The summed E-state index contributed by atoms with van der Waals surface area (Å²) in [5, 5.41) is 24.5. The van der Waals surface area contributed by atoms with Crippen LogP contribution in [0, 0.1) is 20.2 Å². The minimum absolute atomic E-state index is 0.265. The smallest absolute Gasteiger partial charge is 0.258 e. The summed E-state index contributed by atoms with van der Waals surface area (Å²) in [5.41, 5.74) is 1.62. The number of nitro benzene ring substituents is 2. The van der Waals surface area contributed by atoms with E-state index in [0.29, 0.717) is 0 Å². The monoisotopic (exact) mass is 372 g/mol. The van der Waals surface area contributed by atoms with Gasteiger partial charge >= 0.3 is 5.69 Å². The van der Waals surface area contributed by atoms with E-state index in [2.05, 4.69) is 6.07 Å². The minimum Gasteiger partial charge on any atom is -0.258 e. The Kier molecular flexibility index (Phi) is 4.25. The van der Waals surface area contributed by atoms with Gasteiger partial charge in [-0.25, -0.2) is 0 Å². The number of benzene rings is 3. The Bertz CT molecular complexity index is 1220. The number of nitro groups is 2. The van der Waals surface area contributed by atoms with E-state index in [4.69, 9.17) is 0 Å². The third kappa shape index (κ3) is 3.16. The van der Waals surface area contributed by atoms with Crippen molar-refractivity contribution in [3.8, 4) is 16.8 Å². The van der Waals surface area contributed by atoms with Crippen molar-refractivity contribution in [1.82, 2.24) is 0 Å². The fourth-order valence-corrected chi connectivity index (χ4v) is 3.14. The summed E-state index contributed by atoms with van der Waals surface area (Å²) >= 11 is 0. The lowest BCUT2D eigenvalue weighted by Crippen LogP contribution is -2.30. The molecule has 0 spiro atoms. The summed E-state index contributed by atoms with van der Waals surface area (Å²) in [5.74, 6) is 0. The minimum atomic E-state index is -0.649.